The van der Waals surface area contributed by atoms with Gasteiger partial charge in [0.2, 0.25) is 5.91 Å². The summed E-state index contributed by atoms with van der Waals surface area (Å²) in [5.74, 6) is -0.206. The lowest BCUT2D eigenvalue weighted by Gasteiger charge is -2.29. The van der Waals surface area contributed by atoms with Crippen LogP contribution < -0.4 is 10.6 Å². The first-order chi connectivity index (χ1) is 8.76. The van der Waals surface area contributed by atoms with Gasteiger partial charge in [0.15, 0.2) is 0 Å². The number of nitriles is 1. The molecule has 0 radical (unpaired) electrons. The van der Waals surface area contributed by atoms with Crippen molar-refractivity contribution in [2.45, 2.75) is 51.2 Å². The number of rotatable bonds is 7. The minimum Gasteiger partial charge on any atom is -0.368 e. The van der Waals surface area contributed by atoms with Gasteiger partial charge in [-0.3, -0.25) is 4.79 Å². The molecule has 0 atom stereocenters. The van der Waals surface area contributed by atoms with Crippen LogP contribution in [0.3, 0.4) is 0 Å². The van der Waals surface area contributed by atoms with Gasteiger partial charge in [-0.25, -0.2) is 0 Å². The number of hydrogen-bond donors (Lipinski definition) is 2. The molecular weight excluding hydrogens is 230 g/mol. The fourth-order valence-electron chi connectivity index (χ4n) is 2.16. The number of carbonyl (C=O) groups is 1. The summed E-state index contributed by atoms with van der Waals surface area (Å²) in [5, 5.41) is 14.3. The molecule has 1 aliphatic carbocycles. The summed E-state index contributed by atoms with van der Waals surface area (Å²) in [5.41, 5.74) is 0. The number of carbonyl (C=O) groups excluding carboxylic acids is 1. The molecule has 1 amide bonds. The predicted octanol–water partition coefficient (Wildman–Crippen LogP) is 0.954. The van der Waals surface area contributed by atoms with E-state index in [9.17, 15) is 4.79 Å². The SMILES string of the molecule is CCCNC1CCC(OCC(=O)NCC#N)CC1. The third-order valence-electron chi connectivity index (χ3n) is 3.17. The number of hydrogen-bond acceptors (Lipinski definition) is 4. The average molecular weight is 253 g/mol. The first-order valence-electron chi connectivity index (χ1n) is 6.75. The molecule has 1 fully saturated rings. The first-order valence-corrected chi connectivity index (χ1v) is 6.75. The zero-order valence-electron chi connectivity index (χ0n) is 11.1. The molecule has 0 saturated heterocycles. The molecular formula is C13H23N3O2. The maximum Gasteiger partial charge on any atom is 0.246 e. The van der Waals surface area contributed by atoms with Gasteiger partial charge in [0.25, 0.3) is 0 Å². The van der Waals surface area contributed by atoms with Gasteiger partial charge in [0.05, 0.1) is 12.2 Å². The topological polar surface area (TPSA) is 74.2 Å². The number of ether oxygens (including phenoxy) is 1. The Morgan fingerprint density at radius 1 is 1.39 bits per heavy atom. The monoisotopic (exact) mass is 253 g/mol. The van der Waals surface area contributed by atoms with Gasteiger partial charge in [0, 0.05) is 6.04 Å². The highest BCUT2D eigenvalue weighted by Gasteiger charge is 2.21. The molecule has 0 aromatic carbocycles. The van der Waals surface area contributed by atoms with E-state index in [-0.39, 0.29) is 25.2 Å². The van der Waals surface area contributed by atoms with Gasteiger partial charge in [-0.05, 0) is 38.6 Å². The van der Waals surface area contributed by atoms with Crippen molar-refractivity contribution < 1.29 is 9.53 Å². The smallest absolute Gasteiger partial charge is 0.246 e. The molecule has 5 nitrogen and oxygen atoms in total. The Hall–Kier alpha value is -1.12. The largest absolute Gasteiger partial charge is 0.368 e. The Kier molecular flexibility index (Phi) is 7.38. The molecule has 1 aliphatic rings. The van der Waals surface area contributed by atoms with Crippen LogP contribution in [0.2, 0.25) is 0 Å². The van der Waals surface area contributed by atoms with Gasteiger partial charge in [-0.1, -0.05) is 6.92 Å². The lowest BCUT2D eigenvalue weighted by atomic mass is 9.93. The molecule has 2 N–H and O–H groups in total. The van der Waals surface area contributed by atoms with Crippen LogP contribution >= 0.6 is 0 Å². The maximum atomic E-state index is 11.3. The molecule has 5 heteroatoms. The van der Waals surface area contributed by atoms with Crippen molar-refractivity contribution in [1.82, 2.24) is 10.6 Å². The molecule has 0 aliphatic heterocycles. The Morgan fingerprint density at radius 3 is 2.72 bits per heavy atom. The highest BCUT2D eigenvalue weighted by Crippen LogP contribution is 2.21. The molecule has 0 spiro atoms. The maximum absolute atomic E-state index is 11.3. The standard InChI is InChI=1S/C13H23N3O2/c1-2-8-15-11-3-5-12(6-4-11)18-10-13(17)16-9-7-14/h11-12,15H,2-6,8-10H2,1H3,(H,16,17). The molecule has 1 rings (SSSR count). The van der Waals surface area contributed by atoms with E-state index in [0.717, 1.165) is 38.6 Å². The molecule has 0 aromatic rings. The summed E-state index contributed by atoms with van der Waals surface area (Å²) >= 11 is 0. The highest BCUT2D eigenvalue weighted by atomic mass is 16.5. The highest BCUT2D eigenvalue weighted by molar-refractivity contribution is 5.77. The second kappa shape index (κ2) is 8.90. The molecule has 102 valence electrons. The minimum absolute atomic E-state index is 0.0515. The van der Waals surface area contributed by atoms with E-state index >= 15 is 0 Å². The fraction of sp³-hybridized carbons (Fsp3) is 0.846. The fourth-order valence-corrected chi connectivity index (χ4v) is 2.16. The average Bonchev–Trinajstić information content (AvgIpc) is 2.41. The van der Waals surface area contributed by atoms with Gasteiger partial charge < -0.3 is 15.4 Å². The number of amides is 1. The van der Waals surface area contributed by atoms with Crippen LogP contribution in [0.15, 0.2) is 0 Å². The van der Waals surface area contributed by atoms with Gasteiger partial charge in [0.1, 0.15) is 13.2 Å². The van der Waals surface area contributed by atoms with Crippen LogP contribution in [0.1, 0.15) is 39.0 Å². The summed E-state index contributed by atoms with van der Waals surface area (Å²) in [4.78, 5) is 11.3. The van der Waals surface area contributed by atoms with Gasteiger partial charge in [-0.2, -0.15) is 5.26 Å². The summed E-state index contributed by atoms with van der Waals surface area (Å²) in [6.07, 6.45) is 5.60. The van der Waals surface area contributed by atoms with E-state index in [1.54, 1.807) is 0 Å². The second-order valence-electron chi connectivity index (χ2n) is 4.67. The van der Waals surface area contributed by atoms with E-state index in [2.05, 4.69) is 17.6 Å². The van der Waals surface area contributed by atoms with Crippen molar-refractivity contribution in [3.8, 4) is 6.07 Å². The summed E-state index contributed by atoms with van der Waals surface area (Å²) < 4.78 is 5.55. The zero-order valence-corrected chi connectivity index (χ0v) is 11.1. The molecule has 0 aromatic heterocycles. The van der Waals surface area contributed by atoms with E-state index in [0.29, 0.717) is 6.04 Å². The predicted molar refractivity (Wildman–Crippen MR) is 68.9 cm³/mol. The molecule has 0 unspecified atom stereocenters. The number of nitrogens with one attached hydrogen (secondary N) is 2. The van der Waals surface area contributed by atoms with Crippen molar-refractivity contribution in [1.29, 1.82) is 5.26 Å². The van der Waals surface area contributed by atoms with Crippen LogP contribution in [0.5, 0.6) is 0 Å². The molecule has 0 bridgehead atoms. The summed E-state index contributed by atoms with van der Waals surface area (Å²) in [6.45, 7) is 3.36. The van der Waals surface area contributed by atoms with E-state index in [1.165, 1.54) is 0 Å². The normalized spacial score (nSPS) is 23.3. The molecule has 18 heavy (non-hydrogen) atoms. The second-order valence-corrected chi connectivity index (χ2v) is 4.67. The van der Waals surface area contributed by atoms with Crippen LogP contribution in [-0.2, 0) is 9.53 Å². The van der Waals surface area contributed by atoms with Crippen molar-refractivity contribution >= 4 is 5.91 Å². The van der Waals surface area contributed by atoms with E-state index < -0.39 is 0 Å². The van der Waals surface area contributed by atoms with Crippen molar-refractivity contribution in [2.24, 2.45) is 0 Å². The van der Waals surface area contributed by atoms with Gasteiger partial charge in [-0.15, -0.1) is 0 Å². The molecule has 0 heterocycles. The van der Waals surface area contributed by atoms with Crippen LogP contribution in [0, 0.1) is 11.3 Å². The third kappa shape index (κ3) is 5.99. The minimum atomic E-state index is -0.206. The Labute approximate surface area is 109 Å². The van der Waals surface area contributed by atoms with Crippen molar-refractivity contribution in [3.63, 3.8) is 0 Å². The van der Waals surface area contributed by atoms with Crippen molar-refractivity contribution in [2.75, 3.05) is 19.7 Å². The van der Waals surface area contributed by atoms with Crippen LogP contribution in [-0.4, -0.2) is 37.7 Å². The quantitative estimate of drug-likeness (QED) is 0.663. The summed E-state index contributed by atoms with van der Waals surface area (Å²) in [6, 6.07) is 2.47. The Balaban J connectivity index is 2.08. The van der Waals surface area contributed by atoms with Gasteiger partial charge >= 0.3 is 0 Å². The van der Waals surface area contributed by atoms with E-state index in [4.69, 9.17) is 10.00 Å². The zero-order chi connectivity index (χ0) is 13.2. The molecule has 1 saturated carbocycles. The third-order valence-corrected chi connectivity index (χ3v) is 3.17. The van der Waals surface area contributed by atoms with E-state index in [1.807, 2.05) is 6.07 Å². The first kappa shape index (κ1) is 14.9. The lowest BCUT2D eigenvalue weighted by Crippen LogP contribution is -2.37. The Bertz CT molecular complexity index is 280. The van der Waals surface area contributed by atoms with Crippen molar-refractivity contribution in [3.05, 3.63) is 0 Å². The summed E-state index contributed by atoms with van der Waals surface area (Å²) in [7, 11) is 0. The van der Waals surface area contributed by atoms with Crippen LogP contribution in [0.4, 0.5) is 0 Å². The lowest BCUT2D eigenvalue weighted by molar-refractivity contribution is -0.128. The van der Waals surface area contributed by atoms with Crippen LogP contribution in [0.25, 0.3) is 0 Å². The Morgan fingerprint density at radius 2 is 2.11 bits per heavy atom. The number of nitrogens with zero attached hydrogens (tertiary/aromatic N) is 1.